The minimum atomic E-state index is -0.228. The van der Waals surface area contributed by atoms with Gasteiger partial charge in [-0.05, 0) is 24.6 Å². The van der Waals surface area contributed by atoms with E-state index in [0.29, 0.717) is 24.3 Å². The van der Waals surface area contributed by atoms with Gasteiger partial charge in [0, 0.05) is 45.0 Å². The number of amides is 2. The van der Waals surface area contributed by atoms with Gasteiger partial charge in [0.05, 0.1) is 5.56 Å². The lowest BCUT2D eigenvalue weighted by molar-refractivity contribution is -0.120. The van der Waals surface area contributed by atoms with Crippen LogP contribution in [0.3, 0.4) is 0 Å². The van der Waals surface area contributed by atoms with Gasteiger partial charge in [0.15, 0.2) is 0 Å². The second kappa shape index (κ2) is 8.14. The lowest BCUT2D eigenvalue weighted by Crippen LogP contribution is -2.31. The van der Waals surface area contributed by atoms with Gasteiger partial charge in [-0.3, -0.25) is 9.59 Å². The summed E-state index contributed by atoms with van der Waals surface area (Å²) >= 11 is 0. The van der Waals surface area contributed by atoms with Gasteiger partial charge in [-0.25, -0.2) is 0 Å². The van der Waals surface area contributed by atoms with E-state index in [1.54, 1.807) is 18.2 Å². The normalized spacial score (nSPS) is 10.0. The molecule has 1 aromatic carbocycles. The Kier molecular flexibility index (Phi) is 6.52. The lowest BCUT2D eigenvalue weighted by Gasteiger charge is -2.17. The van der Waals surface area contributed by atoms with E-state index in [1.807, 2.05) is 25.9 Å². The SMILES string of the molecule is CCCNC(=O)CCNC(=O)c1cc(N)ccc1N(C)C. The van der Waals surface area contributed by atoms with Crippen molar-refractivity contribution < 1.29 is 9.59 Å². The maximum Gasteiger partial charge on any atom is 0.253 e. The van der Waals surface area contributed by atoms with Gasteiger partial charge in [0.2, 0.25) is 5.91 Å². The van der Waals surface area contributed by atoms with E-state index in [0.717, 1.165) is 12.1 Å². The summed E-state index contributed by atoms with van der Waals surface area (Å²) in [4.78, 5) is 25.5. The van der Waals surface area contributed by atoms with Gasteiger partial charge in [0.25, 0.3) is 5.91 Å². The molecule has 0 aliphatic carbocycles. The summed E-state index contributed by atoms with van der Waals surface area (Å²) in [5.74, 6) is -0.285. The van der Waals surface area contributed by atoms with Gasteiger partial charge in [-0.1, -0.05) is 6.92 Å². The summed E-state index contributed by atoms with van der Waals surface area (Å²) in [6.45, 7) is 2.95. The number of carbonyl (C=O) groups excluding carboxylic acids is 2. The zero-order chi connectivity index (χ0) is 15.8. The zero-order valence-electron chi connectivity index (χ0n) is 12.9. The zero-order valence-corrected chi connectivity index (χ0v) is 12.9. The standard InChI is InChI=1S/C15H24N4O2/c1-4-8-17-14(20)7-9-18-15(21)12-10-11(16)5-6-13(12)19(2)3/h5-6,10H,4,7-9,16H2,1-3H3,(H,17,20)(H,18,21). The van der Waals surface area contributed by atoms with Gasteiger partial charge in [-0.15, -0.1) is 0 Å². The number of hydrogen-bond acceptors (Lipinski definition) is 4. The third kappa shape index (κ3) is 5.33. The van der Waals surface area contributed by atoms with Crippen LogP contribution in [0.25, 0.3) is 0 Å². The highest BCUT2D eigenvalue weighted by atomic mass is 16.2. The molecule has 0 heterocycles. The largest absolute Gasteiger partial charge is 0.399 e. The van der Waals surface area contributed by atoms with Crippen molar-refractivity contribution in [3.63, 3.8) is 0 Å². The number of hydrogen-bond donors (Lipinski definition) is 3. The highest BCUT2D eigenvalue weighted by Crippen LogP contribution is 2.21. The molecule has 0 atom stereocenters. The van der Waals surface area contributed by atoms with E-state index in [-0.39, 0.29) is 18.2 Å². The number of carbonyl (C=O) groups is 2. The lowest BCUT2D eigenvalue weighted by atomic mass is 10.1. The summed E-state index contributed by atoms with van der Waals surface area (Å²) in [7, 11) is 3.72. The molecule has 4 N–H and O–H groups in total. The molecule has 6 heteroatoms. The molecule has 0 aliphatic heterocycles. The molecule has 1 rings (SSSR count). The van der Waals surface area contributed by atoms with Crippen LogP contribution in [-0.2, 0) is 4.79 Å². The Labute approximate surface area is 125 Å². The molecule has 1 aromatic rings. The fourth-order valence-electron chi connectivity index (χ4n) is 1.86. The molecular formula is C15H24N4O2. The third-order valence-electron chi connectivity index (χ3n) is 2.96. The van der Waals surface area contributed by atoms with Crippen molar-refractivity contribution in [1.29, 1.82) is 0 Å². The quantitative estimate of drug-likeness (QED) is 0.654. The van der Waals surface area contributed by atoms with Crippen molar-refractivity contribution in [2.45, 2.75) is 19.8 Å². The number of nitrogens with zero attached hydrogens (tertiary/aromatic N) is 1. The molecule has 0 fully saturated rings. The molecule has 0 aliphatic rings. The van der Waals surface area contributed by atoms with Crippen LogP contribution >= 0.6 is 0 Å². The van der Waals surface area contributed by atoms with Gasteiger partial charge < -0.3 is 21.3 Å². The Balaban J connectivity index is 2.60. The third-order valence-corrected chi connectivity index (χ3v) is 2.96. The first kappa shape index (κ1) is 16.8. The van der Waals surface area contributed by atoms with E-state index in [2.05, 4.69) is 10.6 Å². The average Bonchev–Trinajstić information content (AvgIpc) is 2.44. The van der Waals surface area contributed by atoms with Crippen molar-refractivity contribution in [3.8, 4) is 0 Å². The molecule has 6 nitrogen and oxygen atoms in total. The van der Waals surface area contributed by atoms with Crippen molar-refractivity contribution in [1.82, 2.24) is 10.6 Å². The van der Waals surface area contributed by atoms with Crippen LogP contribution in [0, 0.1) is 0 Å². The Morgan fingerprint density at radius 2 is 1.90 bits per heavy atom. The van der Waals surface area contributed by atoms with Crippen LogP contribution in [0.1, 0.15) is 30.1 Å². The molecule has 0 saturated heterocycles. The van der Waals surface area contributed by atoms with Crippen molar-refractivity contribution >= 4 is 23.2 Å². The minimum absolute atomic E-state index is 0.0578. The summed E-state index contributed by atoms with van der Waals surface area (Å²) in [6, 6.07) is 5.20. The van der Waals surface area contributed by atoms with E-state index in [9.17, 15) is 9.59 Å². The van der Waals surface area contributed by atoms with E-state index < -0.39 is 0 Å². The molecular weight excluding hydrogens is 268 g/mol. The van der Waals surface area contributed by atoms with Gasteiger partial charge >= 0.3 is 0 Å². The topological polar surface area (TPSA) is 87.5 Å². The summed E-state index contributed by atoms with van der Waals surface area (Å²) in [5, 5.41) is 5.51. The first-order valence-corrected chi connectivity index (χ1v) is 7.07. The molecule has 0 saturated carbocycles. The van der Waals surface area contributed by atoms with E-state index in [1.165, 1.54) is 0 Å². The maximum absolute atomic E-state index is 12.2. The van der Waals surface area contributed by atoms with Crippen LogP contribution in [0.2, 0.25) is 0 Å². The monoisotopic (exact) mass is 292 g/mol. The first-order chi connectivity index (χ1) is 9.95. The van der Waals surface area contributed by atoms with Crippen LogP contribution in [0.4, 0.5) is 11.4 Å². The number of nitrogens with one attached hydrogen (secondary N) is 2. The fourth-order valence-corrected chi connectivity index (χ4v) is 1.86. The van der Waals surface area contributed by atoms with Crippen LogP contribution in [0.15, 0.2) is 18.2 Å². The summed E-state index contributed by atoms with van der Waals surface area (Å²) in [5.41, 5.74) is 7.57. The maximum atomic E-state index is 12.2. The Hall–Kier alpha value is -2.24. The average molecular weight is 292 g/mol. The molecule has 0 bridgehead atoms. The number of benzene rings is 1. The van der Waals surface area contributed by atoms with Gasteiger partial charge in [0.1, 0.15) is 0 Å². The predicted octanol–water partition coefficient (Wildman–Crippen LogP) is 0.981. The first-order valence-electron chi connectivity index (χ1n) is 7.07. The Morgan fingerprint density at radius 1 is 1.19 bits per heavy atom. The molecule has 0 spiro atoms. The molecule has 0 radical (unpaired) electrons. The molecule has 116 valence electrons. The molecule has 0 unspecified atom stereocenters. The highest BCUT2D eigenvalue weighted by molar-refractivity contribution is 6.00. The van der Waals surface area contributed by atoms with Crippen LogP contribution in [-0.4, -0.2) is 39.0 Å². The highest BCUT2D eigenvalue weighted by Gasteiger charge is 2.13. The smallest absolute Gasteiger partial charge is 0.253 e. The number of rotatable bonds is 7. The molecule has 2 amide bonds. The fraction of sp³-hybridized carbons (Fsp3) is 0.467. The van der Waals surface area contributed by atoms with Crippen molar-refractivity contribution in [2.75, 3.05) is 37.8 Å². The van der Waals surface area contributed by atoms with E-state index in [4.69, 9.17) is 5.73 Å². The predicted molar refractivity (Wildman–Crippen MR) is 85.4 cm³/mol. The molecule has 0 aromatic heterocycles. The second-order valence-electron chi connectivity index (χ2n) is 5.03. The van der Waals surface area contributed by atoms with Crippen molar-refractivity contribution in [2.24, 2.45) is 0 Å². The summed E-state index contributed by atoms with van der Waals surface area (Å²) in [6.07, 6.45) is 1.17. The summed E-state index contributed by atoms with van der Waals surface area (Å²) < 4.78 is 0. The van der Waals surface area contributed by atoms with Crippen LogP contribution < -0.4 is 21.3 Å². The number of nitrogen functional groups attached to an aromatic ring is 1. The Morgan fingerprint density at radius 3 is 2.52 bits per heavy atom. The minimum Gasteiger partial charge on any atom is -0.399 e. The number of nitrogens with two attached hydrogens (primary N) is 1. The van der Waals surface area contributed by atoms with Crippen molar-refractivity contribution in [3.05, 3.63) is 23.8 Å². The van der Waals surface area contributed by atoms with Crippen LogP contribution in [0.5, 0.6) is 0 Å². The number of anilines is 2. The van der Waals surface area contributed by atoms with E-state index >= 15 is 0 Å². The second-order valence-corrected chi connectivity index (χ2v) is 5.03. The molecule has 21 heavy (non-hydrogen) atoms. The Bertz CT molecular complexity index is 500. The van der Waals surface area contributed by atoms with Gasteiger partial charge in [-0.2, -0.15) is 0 Å².